The molecule has 0 bridgehead atoms. The molecule has 0 aromatic heterocycles. The molecular formula is C11H13O3-. The summed E-state index contributed by atoms with van der Waals surface area (Å²) in [7, 11) is 0. The number of carbonyl (C=O) groups excluding carboxylic acids is 1. The molecule has 76 valence electrons. The van der Waals surface area contributed by atoms with Gasteiger partial charge in [0.1, 0.15) is 0 Å². The van der Waals surface area contributed by atoms with Crippen molar-refractivity contribution in [1.29, 1.82) is 0 Å². The molecule has 0 heterocycles. The van der Waals surface area contributed by atoms with E-state index in [9.17, 15) is 9.90 Å². The fourth-order valence-electron chi connectivity index (χ4n) is 1.29. The molecule has 0 amide bonds. The molecule has 0 N–H and O–H groups in total. The van der Waals surface area contributed by atoms with Crippen LogP contribution in [-0.2, 0) is 11.3 Å². The largest absolute Gasteiger partial charge is 0.545 e. The third-order valence-corrected chi connectivity index (χ3v) is 2.08. The number of aryl methyl sites for hydroxylation is 1. The number of rotatable bonds is 4. The van der Waals surface area contributed by atoms with Crippen LogP contribution >= 0.6 is 0 Å². The smallest absolute Gasteiger partial charge is 0.0725 e. The van der Waals surface area contributed by atoms with Gasteiger partial charge in [-0.1, -0.05) is 18.2 Å². The maximum Gasteiger partial charge on any atom is 0.0725 e. The van der Waals surface area contributed by atoms with Crippen LogP contribution in [0.5, 0.6) is 0 Å². The van der Waals surface area contributed by atoms with E-state index in [1.165, 1.54) is 6.07 Å². The lowest BCUT2D eigenvalue weighted by atomic mass is 10.0. The van der Waals surface area contributed by atoms with Gasteiger partial charge in [0.05, 0.1) is 12.6 Å². The van der Waals surface area contributed by atoms with Gasteiger partial charge in [0.15, 0.2) is 0 Å². The zero-order chi connectivity index (χ0) is 10.6. The molecule has 0 spiro atoms. The van der Waals surface area contributed by atoms with Crippen LogP contribution in [0.25, 0.3) is 0 Å². The van der Waals surface area contributed by atoms with Gasteiger partial charge in [-0.2, -0.15) is 0 Å². The van der Waals surface area contributed by atoms with E-state index in [0.717, 1.165) is 5.56 Å². The number of carboxylic acid groups (broad SMARTS) is 1. The second kappa shape index (κ2) is 4.77. The van der Waals surface area contributed by atoms with Gasteiger partial charge in [0.2, 0.25) is 0 Å². The van der Waals surface area contributed by atoms with Gasteiger partial charge in [-0.3, -0.25) is 0 Å². The minimum atomic E-state index is -1.15. The van der Waals surface area contributed by atoms with Gasteiger partial charge in [-0.25, -0.2) is 0 Å². The maximum absolute atomic E-state index is 10.8. The topological polar surface area (TPSA) is 49.4 Å². The van der Waals surface area contributed by atoms with Crippen molar-refractivity contribution in [3.63, 3.8) is 0 Å². The third kappa shape index (κ3) is 2.33. The van der Waals surface area contributed by atoms with Gasteiger partial charge in [0.25, 0.3) is 0 Å². The fourth-order valence-corrected chi connectivity index (χ4v) is 1.29. The number of hydrogen-bond acceptors (Lipinski definition) is 3. The fraction of sp³-hybridized carbons (Fsp3) is 0.364. The zero-order valence-corrected chi connectivity index (χ0v) is 8.37. The predicted molar refractivity (Wildman–Crippen MR) is 50.8 cm³/mol. The Balaban J connectivity index is 3.02. The van der Waals surface area contributed by atoms with E-state index < -0.39 is 5.97 Å². The van der Waals surface area contributed by atoms with Crippen LogP contribution in [0.1, 0.15) is 28.4 Å². The number of carbonyl (C=O) groups is 1. The van der Waals surface area contributed by atoms with Gasteiger partial charge >= 0.3 is 0 Å². The molecule has 0 saturated heterocycles. The minimum absolute atomic E-state index is 0.221. The lowest BCUT2D eigenvalue weighted by Gasteiger charge is -2.12. The summed E-state index contributed by atoms with van der Waals surface area (Å²) < 4.78 is 5.20. The molecule has 0 aliphatic heterocycles. The highest BCUT2D eigenvalue weighted by molar-refractivity contribution is 5.88. The highest BCUT2D eigenvalue weighted by Gasteiger charge is 2.05. The van der Waals surface area contributed by atoms with Crippen molar-refractivity contribution < 1.29 is 14.6 Å². The third-order valence-electron chi connectivity index (χ3n) is 2.08. The summed E-state index contributed by atoms with van der Waals surface area (Å²) in [5.41, 5.74) is 1.84. The first-order valence-electron chi connectivity index (χ1n) is 4.54. The van der Waals surface area contributed by atoms with Crippen molar-refractivity contribution in [3.05, 3.63) is 34.9 Å². The summed E-state index contributed by atoms with van der Waals surface area (Å²) in [6.45, 7) is 4.63. The molecule has 1 rings (SSSR count). The Morgan fingerprint density at radius 3 is 2.79 bits per heavy atom. The van der Waals surface area contributed by atoms with Gasteiger partial charge in [-0.05, 0) is 25.0 Å². The van der Waals surface area contributed by atoms with E-state index in [-0.39, 0.29) is 5.56 Å². The van der Waals surface area contributed by atoms with Crippen LogP contribution in [0.4, 0.5) is 0 Å². The number of benzene rings is 1. The average Bonchev–Trinajstić information content (AvgIpc) is 2.15. The number of ether oxygens (including phenoxy) is 1. The Hall–Kier alpha value is -1.35. The molecule has 0 fully saturated rings. The molecule has 0 aliphatic rings. The van der Waals surface area contributed by atoms with E-state index in [1.54, 1.807) is 6.07 Å². The predicted octanol–water partition coefficient (Wildman–Crippen LogP) is 0.895. The molecule has 3 heteroatoms. The van der Waals surface area contributed by atoms with Gasteiger partial charge in [-0.15, -0.1) is 0 Å². The van der Waals surface area contributed by atoms with Crippen LogP contribution in [-0.4, -0.2) is 12.6 Å². The molecule has 1 aromatic carbocycles. The molecule has 0 atom stereocenters. The van der Waals surface area contributed by atoms with Crippen LogP contribution in [0.15, 0.2) is 18.2 Å². The molecule has 0 unspecified atom stereocenters. The second-order valence-corrected chi connectivity index (χ2v) is 3.03. The Morgan fingerprint density at radius 2 is 2.21 bits per heavy atom. The van der Waals surface area contributed by atoms with Crippen molar-refractivity contribution in [2.45, 2.75) is 20.5 Å². The zero-order valence-electron chi connectivity index (χ0n) is 8.37. The van der Waals surface area contributed by atoms with Crippen LogP contribution in [0.2, 0.25) is 0 Å². The van der Waals surface area contributed by atoms with Crippen molar-refractivity contribution in [1.82, 2.24) is 0 Å². The molecular weight excluding hydrogens is 180 g/mol. The second-order valence-electron chi connectivity index (χ2n) is 3.03. The van der Waals surface area contributed by atoms with E-state index in [2.05, 4.69) is 0 Å². The van der Waals surface area contributed by atoms with E-state index in [1.807, 2.05) is 19.9 Å². The average molecular weight is 193 g/mol. The lowest BCUT2D eigenvalue weighted by molar-refractivity contribution is -0.255. The van der Waals surface area contributed by atoms with Gasteiger partial charge in [0, 0.05) is 12.2 Å². The van der Waals surface area contributed by atoms with E-state index in [0.29, 0.717) is 18.8 Å². The minimum Gasteiger partial charge on any atom is -0.545 e. The first-order chi connectivity index (χ1) is 6.66. The number of aromatic carboxylic acids is 1. The molecule has 0 saturated carbocycles. The maximum atomic E-state index is 10.8. The summed E-state index contributed by atoms with van der Waals surface area (Å²) in [6, 6.07) is 5.10. The monoisotopic (exact) mass is 193 g/mol. The normalized spacial score (nSPS) is 10.1. The Bertz CT molecular complexity index is 331. The lowest BCUT2D eigenvalue weighted by Crippen LogP contribution is -2.24. The summed E-state index contributed by atoms with van der Waals surface area (Å²) in [5.74, 6) is -1.15. The van der Waals surface area contributed by atoms with Crippen molar-refractivity contribution in [3.8, 4) is 0 Å². The van der Waals surface area contributed by atoms with Crippen LogP contribution in [0, 0.1) is 6.92 Å². The molecule has 0 aliphatic carbocycles. The Labute approximate surface area is 83.3 Å². The highest BCUT2D eigenvalue weighted by Crippen LogP contribution is 2.14. The molecule has 14 heavy (non-hydrogen) atoms. The van der Waals surface area contributed by atoms with Crippen molar-refractivity contribution >= 4 is 5.97 Å². The summed E-state index contributed by atoms with van der Waals surface area (Å²) >= 11 is 0. The van der Waals surface area contributed by atoms with Crippen molar-refractivity contribution in [2.24, 2.45) is 0 Å². The quantitative estimate of drug-likeness (QED) is 0.713. The van der Waals surface area contributed by atoms with E-state index in [4.69, 9.17) is 4.74 Å². The van der Waals surface area contributed by atoms with Crippen molar-refractivity contribution in [2.75, 3.05) is 6.61 Å². The Kier molecular flexibility index (Phi) is 3.65. The molecule has 1 aromatic rings. The SMILES string of the molecule is CCOCc1c(C)cccc1C(=O)[O-]. The molecule has 0 radical (unpaired) electrons. The van der Waals surface area contributed by atoms with Crippen LogP contribution < -0.4 is 5.11 Å². The standard InChI is InChI=1S/C11H14O3/c1-3-14-7-10-8(2)5-4-6-9(10)11(12)13/h4-6H,3,7H2,1-2H3,(H,12,13)/p-1. The number of hydrogen-bond donors (Lipinski definition) is 0. The van der Waals surface area contributed by atoms with Gasteiger partial charge < -0.3 is 14.6 Å². The summed E-state index contributed by atoms with van der Waals surface area (Å²) in [5, 5.41) is 10.8. The summed E-state index contributed by atoms with van der Waals surface area (Å²) in [6.07, 6.45) is 0. The van der Waals surface area contributed by atoms with Crippen LogP contribution in [0.3, 0.4) is 0 Å². The first kappa shape index (κ1) is 10.7. The first-order valence-corrected chi connectivity index (χ1v) is 4.54. The highest BCUT2D eigenvalue weighted by atomic mass is 16.5. The molecule has 3 nitrogen and oxygen atoms in total. The Morgan fingerprint density at radius 1 is 1.50 bits per heavy atom. The summed E-state index contributed by atoms with van der Waals surface area (Å²) in [4.78, 5) is 10.8. The van der Waals surface area contributed by atoms with E-state index >= 15 is 0 Å². The number of carboxylic acids is 1.